The summed E-state index contributed by atoms with van der Waals surface area (Å²) in [6.07, 6.45) is 4.92. The highest BCUT2D eigenvalue weighted by Gasteiger charge is 2.09. The molecule has 5 heteroatoms. The molecule has 0 fully saturated rings. The Balaban J connectivity index is 2.47. The summed E-state index contributed by atoms with van der Waals surface area (Å²) in [5.74, 6) is 0. The second kappa shape index (κ2) is 8.27. The number of nitro benzene ring substituents is 1. The summed E-state index contributed by atoms with van der Waals surface area (Å²) in [6, 6.07) is 5.37. The Morgan fingerprint density at radius 3 is 2.74 bits per heavy atom. The van der Waals surface area contributed by atoms with Gasteiger partial charge in [0.15, 0.2) is 0 Å². The normalized spacial score (nSPS) is 12.4. The number of non-ortho nitro benzene ring substituents is 1. The summed E-state index contributed by atoms with van der Waals surface area (Å²) in [7, 11) is 0. The van der Waals surface area contributed by atoms with Crippen molar-refractivity contribution in [1.29, 1.82) is 0 Å². The van der Waals surface area contributed by atoms with E-state index < -0.39 is 0 Å². The van der Waals surface area contributed by atoms with Gasteiger partial charge in [-0.3, -0.25) is 10.1 Å². The number of benzene rings is 1. The zero-order valence-corrected chi connectivity index (χ0v) is 13.1. The van der Waals surface area contributed by atoms with E-state index in [1.54, 1.807) is 18.2 Å². The molecule has 0 aliphatic heterocycles. The van der Waals surface area contributed by atoms with Crippen LogP contribution in [0.5, 0.6) is 0 Å². The lowest BCUT2D eigenvalue weighted by Crippen LogP contribution is -2.25. The summed E-state index contributed by atoms with van der Waals surface area (Å²) in [5.41, 5.74) is 1.17. The smallest absolute Gasteiger partial charge is 0.270 e. The van der Waals surface area contributed by atoms with E-state index >= 15 is 0 Å². The van der Waals surface area contributed by atoms with Crippen molar-refractivity contribution in [3.8, 4) is 0 Å². The van der Waals surface area contributed by atoms with Crippen LogP contribution in [-0.4, -0.2) is 11.0 Å². The Morgan fingerprint density at radius 2 is 2.16 bits per heavy atom. The van der Waals surface area contributed by atoms with Crippen LogP contribution in [0.15, 0.2) is 22.7 Å². The second-order valence-corrected chi connectivity index (χ2v) is 5.66. The molecular formula is C14H21BrN2O2. The average Bonchev–Trinajstić information content (AvgIpc) is 2.37. The summed E-state index contributed by atoms with van der Waals surface area (Å²) in [6.45, 7) is 5.10. The Kier molecular flexibility index (Phi) is 7.02. The predicted octanol–water partition coefficient (Wildman–Crippen LogP) is 4.42. The molecule has 0 aliphatic carbocycles. The molecule has 0 spiro atoms. The van der Waals surface area contributed by atoms with E-state index in [0.29, 0.717) is 6.04 Å². The van der Waals surface area contributed by atoms with Crippen LogP contribution in [-0.2, 0) is 6.54 Å². The third kappa shape index (κ3) is 5.70. The zero-order chi connectivity index (χ0) is 14.3. The van der Waals surface area contributed by atoms with Gasteiger partial charge in [-0.25, -0.2) is 0 Å². The molecule has 1 unspecified atom stereocenters. The number of nitro groups is 1. The molecule has 0 heterocycles. The van der Waals surface area contributed by atoms with Crippen molar-refractivity contribution >= 4 is 21.6 Å². The van der Waals surface area contributed by atoms with Gasteiger partial charge in [0.2, 0.25) is 0 Å². The van der Waals surface area contributed by atoms with Crippen LogP contribution in [0.3, 0.4) is 0 Å². The van der Waals surface area contributed by atoms with Crippen molar-refractivity contribution in [2.24, 2.45) is 0 Å². The number of hydrogen-bond acceptors (Lipinski definition) is 3. The average molecular weight is 329 g/mol. The fourth-order valence-corrected chi connectivity index (χ4v) is 2.39. The lowest BCUT2D eigenvalue weighted by atomic mass is 10.1. The van der Waals surface area contributed by atoms with E-state index in [2.05, 4.69) is 35.1 Å². The highest BCUT2D eigenvalue weighted by atomic mass is 79.9. The van der Waals surface area contributed by atoms with Crippen molar-refractivity contribution in [3.05, 3.63) is 38.3 Å². The first kappa shape index (κ1) is 16.1. The van der Waals surface area contributed by atoms with E-state index in [9.17, 15) is 10.1 Å². The van der Waals surface area contributed by atoms with Crippen molar-refractivity contribution in [3.63, 3.8) is 0 Å². The molecule has 1 aromatic carbocycles. The van der Waals surface area contributed by atoms with E-state index in [-0.39, 0.29) is 10.6 Å². The Bertz CT molecular complexity index is 424. The topological polar surface area (TPSA) is 55.2 Å². The summed E-state index contributed by atoms with van der Waals surface area (Å²) in [5, 5.41) is 14.1. The molecule has 0 bridgehead atoms. The van der Waals surface area contributed by atoms with Gasteiger partial charge in [-0.2, -0.15) is 0 Å². The van der Waals surface area contributed by atoms with E-state index in [1.807, 2.05) is 0 Å². The van der Waals surface area contributed by atoms with Crippen molar-refractivity contribution in [2.75, 3.05) is 0 Å². The molecular weight excluding hydrogens is 308 g/mol. The zero-order valence-electron chi connectivity index (χ0n) is 11.5. The Morgan fingerprint density at radius 1 is 1.42 bits per heavy atom. The predicted molar refractivity (Wildman–Crippen MR) is 81.2 cm³/mol. The van der Waals surface area contributed by atoms with Gasteiger partial charge in [-0.15, -0.1) is 0 Å². The quantitative estimate of drug-likeness (QED) is 0.436. The molecule has 19 heavy (non-hydrogen) atoms. The first-order valence-electron chi connectivity index (χ1n) is 6.70. The SMILES string of the molecule is CCCCCC(C)NCc1ccc([N+](=O)[O-])cc1Br. The van der Waals surface area contributed by atoms with Crippen LogP contribution >= 0.6 is 15.9 Å². The van der Waals surface area contributed by atoms with Gasteiger partial charge in [0.05, 0.1) is 4.92 Å². The lowest BCUT2D eigenvalue weighted by molar-refractivity contribution is -0.384. The lowest BCUT2D eigenvalue weighted by Gasteiger charge is -2.14. The number of hydrogen-bond donors (Lipinski definition) is 1. The third-order valence-corrected chi connectivity index (χ3v) is 3.87. The number of nitrogens with one attached hydrogen (secondary N) is 1. The van der Waals surface area contributed by atoms with Crippen molar-refractivity contribution < 1.29 is 4.92 Å². The Labute approximate surface area is 122 Å². The van der Waals surface area contributed by atoms with Crippen LogP contribution in [0.25, 0.3) is 0 Å². The molecule has 0 aromatic heterocycles. The summed E-state index contributed by atoms with van der Waals surface area (Å²) >= 11 is 3.38. The van der Waals surface area contributed by atoms with E-state index in [1.165, 1.54) is 25.7 Å². The van der Waals surface area contributed by atoms with Gasteiger partial charge in [0.1, 0.15) is 0 Å². The largest absolute Gasteiger partial charge is 0.310 e. The maximum atomic E-state index is 10.6. The number of halogens is 1. The van der Waals surface area contributed by atoms with Gasteiger partial charge < -0.3 is 5.32 Å². The highest BCUT2D eigenvalue weighted by Crippen LogP contribution is 2.23. The van der Waals surface area contributed by atoms with Gasteiger partial charge in [0, 0.05) is 29.2 Å². The minimum absolute atomic E-state index is 0.117. The first-order valence-corrected chi connectivity index (χ1v) is 7.50. The minimum Gasteiger partial charge on any atom is -0.310 e. The van der Waals surface area contributed by atoms with Gasteiger partial charge in [-0.1, -0.05) is 42.1 Å². The van der Waals surface area contributed by atoms with Crippen LogP contribution in [0.1, 0.15) is 45.1 Å². The van der Waals surface area contributed by atoms with Gasteiger partial charge in [0.25, 0.3) is 5.69 Å². The molecule has 1 atom stereocenters. The van der Waals surface area contributed by atoms with E-state index in [0.717, 1.165) is 16.6 Å². The molecule has 4 nitrogen and oxygen atoms in total. The van der Waals surface area contributed by atoms with Gasteiger partial charge >= 0.3 is 0 Å². The fourth-order valence-electron chi connectivity index (χ4n) is 1.88. The molecule has 1 N–H and O–H groups in total. The second-order valence-electron chi connectivity index (χ2n) is 4.81. The highest BCUT2D eigenvalue weighted by molar-refractivity contribution is 9.10. The molecule has 0 amide bonds. The molecule has 0 saturated heterocycles. The van der Waals surface area contributed by atoms with Crippen LogP contribution < -0.4 is 5.32 Å². The monoisotopic (exact) mass is 328 g/mol. The molecule has 1 rings (SSSR count). The Hall–Kier alpha value is -0.940. The number of rotatable bonds is 8. The molecule has 0 radical (unpaired) electrons. The van der Waals surface area contributed by atoms with Gasteiger partial charge in [-0.05, 0) is 25.0 Å². The first-order chi connectivity index (χ1) is 9.04. The number of nitrogens with zero attached hydrogens (tertiary/aromatic N) is 1. The van der Waals surface area contributed by atoms with E-state index in [4.69, 9.17) is 0 Å². The maximum Gasteiger partial charge on any atom is 0.270 e. The molecule has 0 aliphatic rings. The molecule has 106 valence electrons. The third-order valence-electron chi connectivity index (χ3n) is 3.13. The van der Waals surface area contributed by atoms with Crippen LogP contribution in [0, 0.1) is 10.1 Å². The summed E-state index contributed by atoms with van der Waals surface area (Å²) < 4.78 is 0.787. The fraction of sp³-hybridized carbons (Fsp3) is 0.571. The van der Waals surface area contributed by atoms with Crippen molar-refractivity contribution in [1.82, 2.24) is 5.32 Å². The van der Waals surface area contributed by atoms with Crippen molar-refractivity contribution in [2.45, 2.75) is 52.1 Å². The minimum atomic E-state index is -0.380. The van der Waals surface area contributed by atoms with Crippen LogP contribution in [0.2, 0.25) is 0 Å². The summed E-state index contributed by atoms with van der Waals surface area (Å²) in [4.78, 5) is 10.3. The maximum absolute atomic E-state index is 10.6. The molecule has 0 saturated carbocycles. The van der Waals surface area contributed by atoms with Crippen LogP contribution in [0.4, 0.5) is 5.69 Å². The number of unbranched alkanes of at least 4 members (excludes halogenated alkanes) is 2. The molecule has 1 aromatic rings. The standard InChI is InChI=1S/C14H21BrN2O2/c1-3-4-5-6-11(2)16-10-12-7-8-13(17(18)19)9-14(12)15/h7-9,11,16H,3-6,10H2,1-2H3.